The summed E-state index contributed by atoms with van der Waals surface area (Å²) in [5.41, 5.74) is 2.41. The fourth-order valence-corrected chi connectivity index (χ4v) is 2.73. The van der Waals surface area contributed by atoms with Crippen LogP contribution in [0.2, 0.25) is 0 Å². The first-order valence-corrected chi connectivity index (χ1v) is 7.30. The predicted octanol–water partition coefficient (Wildman–Crippen LogP) is 3.46. The number of carbonyl (C=O) groups is 1. The number of hydrogen-bond donors (Lipinski definition) is 2. The molecule has 1 heterocycles. The maximum Gasteiger partial charge on any atom is 0.387 e. The molecule has 2 aromatic carbocycles. The summed E-state index contributed by atoms with van der Waals surface area (Å²) in [5.74, 6) is -0.229. The van der Waals surface area contributed by atoms with Crippen LogP contribution < -0.4 is 20.1 Å². The molecule has 0 aromatic heterocycles. The van der Waals surface area contributed by atoms with E-state index in [2.05, 4.69) is 15.4 Å². The van der Waals surface area contributed by atoms with Crippen LogP contribution in [0.15, 0.2) is 36.4 Å². The van der Waals surface area contributed by atoms with Crippen LogP contribution in [0.4, 0.5) is 14.5 Å². The number of fused-ring (bicyclic) bond motifs is 1. The minimum atomic E-state index is -3.01. The molecule has 0 unspecified atom stereocenters. The summed E-state index contributed by atoms with van der Waals surface area (Å²) in [6.07, 6.45) is -0.713. The van der Waals surface area contributed by atoms with E-state index in [0.717, 1.165) is 5.56 Å². The molecule has 1 atom stereocenters. The van der Waals surface area contributed by atoms with Crippen molar-refractivity contribution in [2.75, 3.05) is 12.4 Å². The molecule has 24 heavy (non-hydrogen) atoms. The normalized spacial score (nSPS) is 16.2. The van der Waals surface area contributed by atoms with E-state index < -0.39 is 12.8 Å². The molecule has 5 nitrogen and oxygen atoms in total. The van der Waals surface area contributed by atoms with Crippen LogP contribution in [-0.2, 0) is 0 Å². The van der Waals surface area contributed by atoms with Gasteiger partial charge in [0.15, 0.2) is 11.5 Å². The van der Waals surface area contributed by atoms with Crippen molar-refractivity contribution >= 4 is 11.6 Å². The molecule has 3 rings (SSSR count). The summed E-state index contributed by atoms with van der Waals surface area (Å²) in [5, 5.41) is 5.92. The molecule has 126 valence electrons. The average Bonchev–Trinajstić information content (AvgIpc) is 2.55. The van der Waals surface area contributed by atoms with Gasteiger partial charge in [0.2, 0.25) is 0 Å². The number of benzene rings is 2. The monoisotopic (exact) mass is 334 g/mol. The second-order valence-electron chi connectivity index (χ2n) is 5.31. The van der Waals surface area contributed by atoms with Crippen LogP contribution in [0.5, 0.6) is 11.5 Å². The Morgan fingerprint density at radius 1 is 1.12 bits per heavy atom. The van der Waals surface area contributed by atoms with Crippen molar-refractivity contribution in [3.63, 3.8) is 0 Å². The Kier molecular flexibility index (Phi) is 4.24. The first kappa shape index (κ1) is 16.0. The van der Waals surface area contributed by atoms with Crippen LogP contribution in [-0.4, -0.2) is 19.6 Å². The highest BCUT2D eigenvalue weighted by Gasteiger charge is 2.29. The Morgan fingerprint density at radius 3 is 2.58 bits per heavy atom. The fourth-order valence-electron chi connectivity index (χ4n) is 2.73. The molecule has 0 aliphatic carbocycles. The molecule has 0 fully saturated rings. The van der Waals surface area contributed by atoms with Crippen molar-refractivity contribution in [2.24, 2.45) is 0 Å². The number of nitrogens with one attached hydrogen (secondary N) is 2. The molecule has 0 radical (unpaired) electrons. The summed E-state index contributed by atoms with van der Waals surface area (Å²) in [4.78, 5) is 12.3. The summed E-state index contributed by atoms with van der Waals surface area (Å²) in [6, 6.07) is 10.1. The van der Waals surface area contributed by atoms with Crippen molar-refractivity contribution in [1.29, 1.82) is 0 Å². The molecule has 1 aliphatic rings. The number of methoxy groups -OCH3 is 1. The lowest BCUT2D eigenvalue weighted by Gasteiger charge is -2.30. The maximum absolute atomic E-state index is 12.8. The van der Waals surface area contributed by atoms with Gasteiger partial charge in [-0.3, -0.25) is 4.79 Å². The standard InChI is InChI=1S/C17H16F2N2O3/c1-9-5-3-6-10-13(9)20-15(21-16(10)22)11-7-4-8-12(23-2)14(11)24-17(18)19/h3-8,15,17,20H,1-2H3,(H,21,22)/t15-/m0/s1. The third kappa shape index (κ3) is 2.84. The van der Waals surface area contributed by atoms with Crippen LogP contribution in [0.3, 0.4) is 0 Å². The lowest BCUT2D eigenvalue weighted by Crippen LogP contribution is -2.39. The van der Waals surface area contributed by atoms with Crippen LogP contribution in [0.1, 0.15) is 27.7 Å². The van der Waals surface area contributed by atoms with Crippen molar-refractivity contribution in [2.45, 2.75) is 19.7 Å². The second kappa shape index (κ2) is 6.35. The highest BCUT2D eigenvalue weighted by Crippen LogP contribution is 2.38. The van der Waals surface area contributed by atoms with Gasteiger partial charge in [0, 0.05) is 5.56 Å². The lowest BCUT2D eigenvalue weighted by atomic mass is 10.0. The summed E-state index contributed by atoms with van der Waals surface area (Å²) < 4.78 is 35.3. The van der Waals surface area contributed by atoms with Crippen molar-refractivity contribution in [3.8, 4) is 11.5 Å². The molecule has 2 N–H and O–H groups in total. The predicted molar refractivity (Wildman–Crippen MR) is 84.6 cm³/mol. The zero-order chi connectivity index (χ0) is 17.3. The van der Waals surface area contributed by atoms with Crippen LogP contribution in [0.25, 0.3) is 0 Å². The van der Waals surface area contributed by atoms with Gasteiger partial charge < -0.3 is 20.1 Å². The van der Waals surface area contributed by atoms with Gasteiger partial charge in [0.1, 0.15) is 6.17 Å². The van der Waals surface area contributed by atoms with E-state index >= 15 is 0 Å². The lowest BCUT2D eigenvalue weighted by molar-refractivity contribution is -0.0520. The summed E-state index contributed by atoms with van der Waals surface area (Å²) in [7, 11) is 1.36. The van der Waals surface area contributed by atoms with Crippen molar-refractivity contribution in [3.05, 3.63) is 53.1 Å². The molecular formula is C17H16F2N2O3. The highest BCUT2D eigenvalue weighted by molar-refractivity contribution is 6.02. The number of aryl methyl sites for hydroxylation is 1. The number of hydrogen-bond acceptors (Lipinski definition) is 4. The summed E-state index contributed by atoms with van der Waals surface area (Å²) in [6.45, 7) is -1.14. The smallest absolute Gasteiger partial charge is 0.387 e. The molecule has 2 aromatic rings. The fraction of sp³-hybridized carbons (Fsp3) is 0.235. The first-order valence-electron chi connectivity index (χ1n) is 7.30. The zero-order valence-corrected chi connectivity index (χ0v) is 13.1. The molecular weight excluding hydrogens is 318 g/mol. The minimum absolute atomic E-state index is 0.107. The van der Waals surface area contributed by atoms with E-state index in [1.807, 2.05) is 13.0 Å². The van der Waals surface area contributed by atoms with Gasteiger partial charge in [-0.1, -0.05) is 24.3 Å². The van der Waals surface area contributed by atoms with E-state index in [-0.39, 0.29) is 17.4 Å². The highest BCUT2D eigenvalue weighted by atomic mass is 19.3. The Hall–Kier alpha value is -2.83. The van der Waals surface area contributed by atoms with E-state index in [9.17, 15) is 13.6 Å². The van der Waals surface area contributed by atoms with Gasteiger partial charge in [-0.15, -0.1) is 0 Å². The maximum atomic E-state index is 12.8. The molecule has 1 aliphatic heterocycles. The number of carbonyl (C=O) groups excluding carboxylic acids is 1. The number of amides is 1. The Bertz CT molecular complexity index is 780. The first-order chi connectivity index (χ1) is 11.5. The Labute approximate surface area is 137 Å². The van der Waals surface area contributed by atoms with E-state index in [1.54, 1.807) is 24.3 Å². The van der Waals surface area contributed by atoms with Crippen LogP contribution in [0, 0.1) is 6.92 Å². The number of halogens is 2. The minimum Gasteiger partial charge on any atom is -0.493 e. The van der Waals surface area contributed by atoms with Gasteiger partial charge in [-0.25, -0.2) is 0 Å². The van der Waals surface area contributed by atoms with Gasteiger partial charge in [-0.2, -0.15) is 8.78 Å². The Balaban J connectivity index is 2.04. The van der Waals surface area contributed by atoms with Gasteiger partial charge in [0.25, 0.3) is 5.91 Å². The van der Waals surface area contributed by atoms with Gasteiger partial charge in [-0.05, 0) is 24.6 Å². The Morgan fingerprint density at radius 2 is 1.88 bits per heavy atom. The number of rotatable bonds is 4. The van der Waals surface area contributed by atoms with Crippen molar-refractivity contribution < 1.29 is 23.0 Å². The van der Waals surface area contributed by atoms with Crippen molar-refractivity contribution in [1.82, 2.24) is 5.32 Å². The molecule has 7 heteroatoms. The number of anilines is 1. The van der Waals surface area contributed by atoms with Gasteiger partial charge >= 0.3 is 6.61 Å². The number of ether oxygens (including phenoxy) is 2. The number of alkyl halides is 2. The third-order valence-corrected chi connectivity index (χ3v) is 3.83. The van der Waals surface area contributed by atoms with E-state index in [1.165, 1.54) is 13.2 Å². The van der Waals surface area contributed by atoms with E-state index in [4.69, 9.17) is 4.74 Å². The van der Waals surface area contributed by atoms with Crippen LogP contribution >= 0.6 is 0 Å². The second-order valence-corrected chi connectivity index (χ2v) is 5.31. The average molecular weight is 334 g/mol. The zero-order valence-electron chi connectivity index (χ0n) is 13.1. The molecule has 0 spiro atoms. The molecule has 0 bridgehead atoms. The summed E-state index contributed by atoms with van der Waals surface area (Å²) >= 11 is 0. The molecule has 1 amide bonds. The largest absolute Gasteiger partial charge is 0.493 e. The molecule has 0 saturated carbocycles. The van der Waals surface area contributed by atoms with E-state index in [0.29, 0.717) is 16.8 Å². The topological polar surface area (TPSA) is 59.6 Å². The van der Waals surface area contributed by atoms with Gasteiger partial charge in [0.05, 0.1) is 18.4 Å². The quantitative estimate of drug-likeness (QED) is 0.899. The number of para-hydroxylation sites is 2. The SMILES string of the molecule is COc1cccc([C@@H]2NC(=O)c3cccc(C)c3N2)c1OC(F)F. The molecule has 0 saturated heterocycles. The third-order valence-electron chi connectivity index (χ3n) is 3.83.